The molecule has 0 aromatic heterocycles. The van der Waals surface area contributed by atoms with E-state index in [0.717, 1.165) is 18.7 Å². The van der Waals surface area contributed by atoms with Crippen LogP contribution in [0.2, 0.25) is 0 Å². The smallest absolute Gasteiger partial charge is 0.0311 e. The maximum atomic E-state index is 3.93. The summed E-state index contributed by atoms with van der Waals surface area (Å²) in [6.45, 7) is 7.00. The van der Waals surface area contributed by atoms with Crippen molar-refractivity contribution in [2.75, 3.05) is 6.54 Å². The molecule has 0 bridgehead atoms. The first-order chi connectivity index (χ1) is 5.25. The molecule has 1 aliphatic rings. The van der Waals surface area contributed by atoms with Crippen molar-refractivity contribution < 1.29 is 0 Å². The molecule has 0 spiro atoms. The Morgan fingerprint density at radius 1 is 1.73 bits per heavy atom. The molecule has 1 aliphatic heterocycles. The molecule has 0 atom stereocenters. The normalized spacial score (nSPS) is 22.5. The monoisotopic (exact) mass is 261 g/mol. The van der Waals surface area contributed by atoms with Crippen molar-refractivity contribution >= 4 is 22.6 Å². The Kier molecular flexibility index (Phi) is 3.17. The van der Waals surface area contributed by atoms with Crippen LogP contribution >= 0.6 is 22.6 Å². The third-order valence-corrected chi connectivity index (χ3v) is 2.69. The van der Waals surface area contributed by atoms with E-state index >= 15 is 0 Å². The second-order valence-electron chi connectivity index (χ2n) is 2.48. The van der Waals surface area contributed by atoms with Crippen molar-refractivity contribution in [1.82, 2.24) is 5.32 Å². The van der Waals surface area contributed by atoms with E-state index in [-0.39, 0.29) is 0 Å². The number of nitrogens with one attached hydrogen (secondary N) is 1. The number of hydrogen-bond acceptors (Lipinski definition) is 1. The van der Waals surface area contributed by atoms with E-state index in [9.17, 15) is 0 Å². The molecule has 1 heterocycles. The van der Waals surface area contributed by atoms with Crippen molar-refractivity contribution in [2.45, 2.75) is 13.3 Å². The standard InChI is InChI=1S/C9H12IN/c1-3-4-9(10)8-5-6-11-7(8)2/h3-4,11H,2,5-6H2,1H3/b4-3-,9-8+. The zero-order valence-corrected chi connectivity index (χ0v) is 8.81. The van der Waals surface area contributed by atoms with Gasteiger partial charge in [-0.25, -0.2) is 0 Å². The van der Waals surface area contributed by atoms with Crippen molar-refractivity contribution in [2.24, 2.45) is 0 Å². The number of allylic oxidation sites excluding steroid dienone is 4. The molecular weight excluding hydrogens is 249 g/mol. The molecule has 1 fully saturated rings. The fraction of sp³-hybridized carbons (Fsp3) is 0.333. The van der Waals surface area contributed by atoms with E-state index in [1.54, 1.807) is 0 Å². The summed E-state index contributed by atoms with van der Waals surface area (Å²) < 4.78 is 1.31. The molecule has 0 aromatic carbocycles. The number of hydrogen-bond donors (Lipinski definition) is 1. The Balaban J connectivity index is 2.85. The van der Waals surface area contributed by atoms with Crippen LogP contribution in [0.1, 0.15) is 13.3 Å². The van der Waals surface area contributed by atoms with Crippen LogP contribution in [0.5, 0.6) is 0 Å². The fourth-order valence-corrected chi connectivity index (χ4v) is 2.06. The summed E-state index contributed by atoms with van der Waals surface area (Å²) in [6.07, 6.45) is 5.29. The summed E-state index contributed by atoms with van der Waals surface area (Å²) in [5.41, 5.74) is 2.45. The summed E-state index contributed by atoms with van der Waals surface area (Å²) >= 11 is 2.35. The van der Waals surface area contributed by atoms with Gasteiger partial charge in [0.2, 0.25) is 0 Å². The van der Waals surface area contributed by atoms with Gasteiger partial charge in [0.15, 0.2) is 0 Å². The Morgan fingerprint density at radius 3 is 2.91 bits per heavy atom. The van der Waals surface area contributed by atoms with Crippen LogP contribution in [-0.2, 0) is 0 Å². The van der Waals surface area contributed by atoms with Gasteiger partial charge in [-0.1, -0.05) is 18.7 Å². The predicted octanol–water partition coefficient (Wildman–Crippen LogP) is 2.76. The lowest BCUT2D eigenvalue weighted by Gasteiger charge is -1.99. The van der Waals surface area contributed by atoms with Crippen molar-refractivity contribution in [1.29, 1.82) is 0 Å². The van der Waals surface area contributed by atoms with Crippen molar-refractivity contribution in [3.63, 3.8) is 0 Å². The molecule has 1 saturated heterocycles. The summed E-state index contributed by atoms with van der Waals surface area (Å²) in [7, 11) is 0. The van der Waals surface area contributed by atoms with E-state index in [2.05, 4.69) is 46.6 Å². The quantitative estimate of drug-likeness (QED) is 0.716. The largest absolute Gasteiger partial charge is 0.385 e. The van der Waals surface area contributed by atoms with E-state index in [1.807, 2.05) is 6.92 Å². The molecule has 1 nitrogen and oxygen atoms in total. The molecule has 1 rings (SSSR count). The second-order valence-corrected chi connectivity index (χ2v) is 3.64. The summed E-state index contributed by atoms with van der Waals surface area (Å²) in [6, 6.07) is 0. The molecule has 0 saturated carbocycles. The van der Waals surface area contributed by atoms with Crippen LogP contribution in [0.25, 0.3) is 0 Å². The van der Waals surface area contributed by atoms with Gasteiger partial charge in [-0.2, -0.15) is 0 Å². The lowest BCUT2D eigenvalue weighted by atomic mass is 10.2. The van der Waals surface area contributed by atoms with Gasteiger partial charge in [0.1, 0.15) is 0 Å². The topological polar surface area (TPSA) is 12.0 Å². The van der Waals surface area contributed by atoms with Crippen LogP contribution in [0.3, 0.4) is 0 Å². The van der Waals surface area contributed by atoms with E-state index < -0.39 is 0 Å². The molecule has 0 aliphatic carbocycles. The average Bonchev–Trinajstić information content (AvgIpc) is 2.36. The molecule has 11 heavy (non-hydrogen) atoms. The molecular formula is C9H12IN. The van der Waals surface area contributed by atoms with Crippen LogP contribution < -0.4 is 5.32 Å². The fourth-order valence-electron chi connectivity index (χ4n) is 1.11. The SMILES string of the molecule is C=C1NCC/C1=C(I)/C=C\C. The van der Waals surface area contributed by atoms with Crippen LogP contribution in [0, 0.1) is 0 Å². The van der Waals surface area contributed by atoms with Crippen LogP contribution in [0.15, 0.2) is 33.6 Å². The summed E-state index contributed by atoms with van der Waals surface area (Å²) in [4.78, 5) is 0. The Bertz CT molecular complexity index is 226. The molecule has 0 aromatic rings. The highest BCUT2D eigenvalue weighted by Crippen LogP contribution is 2.25. The van der Waals surface area contributed by atoms with Crippen LogP contribution in [0.4, 0.5) is 0 Å². The molecule has 0 radical (unpaired) electrons. The van der Waals surface area contributed by atoms with Gasteiger partial charge in [-0.3, -0.25) is 0 Å². The molecule has 1 N–H and O–H groups in total. The van der Waals surface area contributed by atoms with E-state index in [0.29, 0.717) is 0 Å². The predicted molar refractivity (Wildman–Crippen MR) is 57.6 cm³/mol. The highest BCUT2D eigenvalue weighted by atomic mass is 127. The second kappa shape index (κ2) is 3.95. The van der Waals surface area contributed by atoms with E-state index in [1.165, 1.54) is 9.15 Å². The average molecular weight is 261 g/mol. The third-order valence-electron chi connectivity index (χ3n) is 1.68. The Hall–Kier alpha value is -0.250. The third kappa shape index (κ3) is 2.09. The van der Waals surface area contributed by atoms with Crippen molar-refractivity contribution in [3.05, 3.63) is 33.6 Å². The first kappa shape index (κ1) is 8.84. The minimum absolute atomic E-state index is 1.04. The highest BCUT2D eigenvalue weighted by Gasteiger charge is 2.12. The molecule has 2 heteroatoms. The van der Waals surface area contributed by atoms with Gasteiger partial charge in [0, 0.05) is 15.8 Å². The van der Waals surface area contributed by atoms with Gasteiger partial charge in [-0.15, -0.1) is 0 Å². The maximum Gasteiger partial charge on any atom is 0.0311 e. The van der Waals surface area contributed by atoms with E-state index in [4.69, 9.17) is 0 Å². The zero-order valence-electron chi connectivity index (χ0n) is 6.65. The molecule has 0 unspecified atom stereocenters. The Morgan fingerprint density at radius 2 is 2.45 bits per heavy atom. The highest BCUT2D eigenvalue weighted by molar-refractivity contribution is 14.1. The first-order valence-corrected chi connectivity index (χ1v) is 4.78. The molecule has 60 valence electrons. The number of halogens is 1. The zero-order chi connectivity index (χ0) is 8.27. The maximum absolute atomic E-state index is 3.93. The van der Waals surface area contributed by atoms with Gasteiger partial charge in [0.25, 0.3) is 0 Å². The van der Waals surface area contributed by atoms with Gasteiger partial charge in [-0.05, 0) is 41.5 Å². The van der Waals surface area contributed by atoms with Gasteiger partial charge >= 0.3 is 0 Å². The Labute approximate surface area is 81.4 Å². The lowest BCUT2D eigenvalue weighted by molar-refractivity contribution is 0.917. The van der Waals surface area contributed by atoms with Crippen LogP contribution in [-0.4, -0.2) is 6.54 Å². The minimum Gasteiger partial charge on any atom is -0.385 e. The first-order valence-electron chi connectivity index (χ1n) is 3.70. The summed E-state index contributed by atoms with van der Waals surface area (Å²) in [5.74, 6) is 0. The number of rotatable bonds is 1. The van der Waals surface area contributed by atoms with Gasteiger partial charge < -0.3 is 5.32 Å². The summed E-state index contributed by atoms with van der Waals surface area (Å²) in [5, 5.41) is 3.22. The lowest BCUT2D eigenvalue weighted by Crippen LogP contribution is -2.01. The van der Waals surface area contributed by atoms with Crippen molar-refractivity contribution in [3.8, 4) is 0 Å². The minimum atomic E-state index is 1.04. The molecule has 0 amide bonds. The van der Waals surface area contributed by atoms with Gasteiger partial charge in [0.05, 0.1) is 0 Å².